The van der Waals surface area contributed by atoms with E-state index in [-0.39, 0.29) is 17.0 Å². The fourth-order valence-corrected chi connectivity index (χ4v) is 1.47. The van der Waals surface area contributed by atoms with Crippen LogP contribution in [-0.2, 0) is 0 Å². The highest BCUT2D eigenvalue weighted by atomic mass is 19.1. The molecule has 0 bridgehead atoms. The number of carbonyl (C=O) groups is 1. The predicted molar refractivity (Wildman–Crippen MR) is 65.1 cm³/mol. The number of ether oxygens (including phenoxy) is 1. The van der Waals surface area contributed by atoms with Crippen molar-refractivity contribution in [2.24, 2.45) is 0 Å². The molecule has 2 aromatic rings. The van der Waals surface area contributed by atoms with E-state index in [0.29, 0.717) is 0 Å². The summed E-state index contributed by atoms with van der Waals surface area (Å²) in [5, 5.41) is 2.37. The van der Waals surface area contributed by atoms with Gasteiger partial charge in [-0.25, -0.2) is 8.78 Å². The Kier molecular flexibility index (Phi) is 3.70. The van der Waals surface area contributed by atoms with Gasteiger partial charge in [-0.2, -0.15) is 0 Å². The number of anilines is 1. The highest BCUT2D eigenvalue weighted by molar-refractivity contribution is 6.04. The molecule has 6 heteroatoms. The zero-order chi connectivity index (χ0) is 13.8. The second-order valence-corrected chi connectivity index (χ2v) is 3.66. The fraction of sp³-hybridized carbons (Fsp3) is 0.0769. The minimum absolute atomic E-state index is 0.00305. The lowest BCUT2D eigenvalue weighted by molar-refractivity contribution is 0.102. The summed E-state index contributed by atoms with van der Waals surface area (Å²) < 4.78 is 31.3. The number of nitrogens with zero attached hydrogens (tertiary/aromatic N) is 1. The molecule has 0 atom stereocenters. The number of hydrogen-bond donors (Lipinski definition) is 1. The number of pyridine rings is 1. The van der Waals surface area contributed by atoms with Gasteiger partial charge >= 0.3 is 0 Å². The molecule has 0 saturated carbocycles. The van der Waals surface area contributed by atoms with Crippen LogP contribution < -0.4 is 10.1 Å². The molecule has 2 rings (SSSR count). The predicted octanol–water partition coefficient (Wildman–Crippen LogP) is 2.62. The molecule has 4 nitrogen and oxygen atoms in total. The summed E-state index contributed by atoms with van der Waals surface area (Å²) >= 11 is 0. The van der Waals surface area contributed by atoms with Crippen LogP contribution in [-0.4, -0.2) is 18.0 Å². The van der Waals surface area contributed by atoms with Gasteiger partial charge in [0.25, 0.3) is 5.91 Å². The van der Waals surface area contributed by atoms with Gasteiger partial charge < -0.3 is 10.1 Å². The van der Waals surface area contributed by atoms with Crippen molar-refractivity contribution >= 4 is 11.6 Å². The van der Waals surface area contributed by atoms with E-state index in [9.17, 15) is 13.6 Å². The summed E-state index contributed by atoms with van der Waals surface area (Å²) in [6, 6.07) is 4.96. The molecule has 1 aromatic carbocycles. The summed E-state index contributed by atoms with van der Waals surface area (Å²) in [5.74, 6) is -1.84. The third-order valence-corrected chi connectivity index (χ3v) is 2.43. The molecule has 0 saturated heterocycles. The van der Waals surface area contributed by atoms with Gasteiger partial charge in [0.05, 0.1) is 19.0 Å². The Morgan fingerprint density at radius 1 is 1.26 bits per heavy atom. The molecule has 0 spiro atoms. The number of methoxy groups -OCH3 is 1. The summed E-state index contributed by atoms with van der Waals surface area (Å²) in [6.07, 6.45) is 2.34. The quantitative estimate of drug-likeness (QED) is 0.927. The van der Waals surface area contributed by atoms with E-state index >= 15 is 0 Å². The van der Waals surface area contributed by atoms with Crippen molar-refractivity contribution in [2.75, 3.05) is 12.4 Å². The highest BCUT2D eigenvalue weighted by Crippen LogP contribution is 2.19. The lowest BCUT2D eigenvalue weighted by Gasteiger charge is -2.07. The number of carbonyl (C=O) groups excluding carboxylic acids is 1. The lowest BCUT2D eigenvalue weighted by Crippen LogP contribution is -2.13. The molecule has 0 unspecified atom stereocenters. The Bertz CT molecular complexity index is 617. The average molecular weight is 264 g/mol. The normalized spacial score (nSPS) is 10.1. The molecule has 0 radical (unpaired) electrons. The van der Waals surface area contributed by atoms with Crippen molar-refractivity contribution in [1.82, 2.24) is 4.98 Å². The molecule has 1 aromatic heterocycles. The Morgan fingerprint density at radius 2 is 2.05 bits per heavy atom. The van der Waals surface area contributed by atoms with Crippen LogP contribution in [0.5, 0.6) is 5.75 Å². The van der Waals surface area contributed by atoms with Crippen molar-refractivity contribution in [2.45, 2.75) is 0 Å². The van der Waals surface area contributed by atoms with E-state index in [1.165, 1.54) is 31.5 Å². The number of nitrogens with one attached hydrogen (secondary N) is 1. The van der Waals surface area contributed by atoms with Crippen LogP contribution >= 0.6 is 0 Å². The Hall–Kier alpha value is -2.50. The minimum Gasteiger partial charge on any atom is -0.494 e. The minimum atomic E-state index is -0.648. The van der Waals surface area contributed by atoms with E-state index < -0.39 is 17.5 Å². The van der Waals surface area contributed by atoms with Gasteiger partial charge in [0, 0.05) is 11.8 Å². The van der Waals surface area contributed by atoms with E-state index in [1.807, 2.05) is 0 Å². The van der Waals surface area contributed by atoms with Crippen LogP contribution in [0.25, 0.3) is 0 Å². The van der Waals surface area contributed by atoms with Crippen molar-refractivity contribution in [3.8, 4) is 5.75 Å². The topological polar surface area (TPSA) is 51.2 Å². The van der Waals surface area contributed by atoms with Gasteiger partial charge in [0.1, 0.15) is 0 Å². The van der Waals surface area contributed by atoms with Crippen LogP contribution in [0.3, 0.4) is 0 Å². The first kappa shape index (κ1) is 12.9. The second kappa shape index (κ2) is 5.43. The lowest BCUT2D eigenvalue weighted by atomic mass is 10.2. The molecule has 19 heavy (non-hydrogen) atoms. The van der Waals surface area contributed by atoms with Gasteiger partial charge in [-0.1, -0.05) is 0 Å². The van der Waals surface area contributed by atoms with Gasteiger partial charge in [-0.05, 0) is 24.3 Å². The Morgan fingerprint density at radius 3 is 2.74 bits per heavy atom. The van der Waals surface area contributed by atoms with Crippen molar-refractivity contribution in [3.63, 3.8) is 0 Å². The van der Waals surface area contributed by atoms with Crippen LogP contribution in [0.15, 0.2) is 36.7 Å². The van der Waals surface area contributed by atoms with Gasteiger partial charge in [-0.15, -0.1) is 0 Å². The third kappa shape index (κ3) is 2.85. The first-order chi connectivity index (χ1) is 9.11. The molecule has 98 valence electrons. The monoisotopic (exact) mass is 264 g/mol. The SMILES string of the molecule is COc1cc(C(=O)Nc2ccncc2F)ccc1F. The van der Waals surface area contributed by atoms with Crippen LogP contribution in [0.1, 0.15) is 10.4 Å². The van der Waals surface area contributed by atoms with E-state index in [0.717, 1.165) is 12.3 Å². The molecule has 0 fully saturated rings. The molecule has 0 aliphatic heterocycles. The average Bonchev–Trinajstić information content (AvgIpc) is 2.42. The first-order valence-corrected chi connectivity index (χ1v) is 5.36. The zero-order valence-corrected chi connectivity index (χ0v) is 9.98. The number of rotatable bonds is 3. The molecule has 0 aliphatic rings. The van der Waals surface area contributed by atoms with E-state index in [2.05, 4.69) is 10.3 Å². The Balaban J connectivity index is 2.23. The summed E-state index contributed by atoms with van der Waals surface area (Å²) in [5.41, 5.74) is 0.165. The third-order valence-electron chi connectivity index (χ3n) is 2.43. The smallest absolute Gasteiger partial charge is 0.255 e. The van der Waals surface area contributed by atoms with Crippen LogP contribution in [0, 0.1) is 11.6 Å². The van der Waals surface area contributed by atoms with Crippen LogP contribution in [0.2, 0.25) is 0 Å². The number of benzene rings is 1. The molecule has 1 amide bonds. The second-order valence-electron chi connectivity index (χ2n) is 3.66. The largest absolute Gasteiger partial charge is 0.494 e. The highest BCUT2D eigenvalue weighted by Gasteiger charge is 2.12. The summed E-state index contributed by atoms with van der Waals surface area (Å²) in [6.45, 7) is 0. The van der Waals surface area contributed by atoms with E-state index in [1.54, 1.807) is 0 Å². The van der Waals surface area contributed by atoms with Crippen molar-refractivity contribution in [1.29, 1.82) is 0 Å². The van der Waals surface area contributed by atoms with Gasteiger partial charge in [-0.3, -0.25) is 9.78 Å². The molecule has 0 aliphatic carbocycles. The Labute approximate surface area is 108 Å². The number of halogens is 2. The van der Waals surface area contributed by atoms with E-state index in [4.69, 9.17) is 4.74 Å². The molecular formula is C13H10F2N2O2. The maximum absolute atomic E-state index is 13.3. The number of amides is 1. The van der Waals surface area contributed by atoms with Crippen molar-refractivity contribution in [3.05, 3.63) is 53.9 Å². The number of hydrogen-bond acceptors (Lipinski definition) is 3. The maximum atomic E-state index is 13.3. The summed E-state index contributed by atoms with van der Waals surface area (Å²) in [7, 11) is 1.29. The van der Waals surface area contributed by atoms with Gasteiger partial charge in [0.15, 0.2) is 17.4 Å². The molecule has 1 heterocycles. The van der Waals surface area contributed by atoms with Gasteiger partial charge in [0.2, 0.25) is 0 Å². The number of aromatic nitrogens is 1. The molecule has 1 N–H and O–H groups in total. The summed E-state index contributed by atoms with van der Waals surface area (Å²) in [4.78, 5) is 15.4. The zero-order valence-electron chi connectivity index (χ0n) is 9.98. The molecular weight excluding hydrogens is 254 g/mol. The maximum Gasteiger partial charge on any atom is 0.255 e. The van der Waals surface area contributed by atoms with Crippen molar-refractivity contribution < 1.29 is 18.3 Å². The first-order valence-electron chi connectivity index (χ1n) is 5.36. The fourth-order valence-electron chi connectivity index (χ4n) is 1.47. The van der Waals surface area contributed by atoms with Crippen LogP contribution in [0.4, 0.5) is 14.5 Å². The standard InChI is InChI=1S/C13H10F2N2O2/c1-19-12-6-8(2-3-9(12)14)13(18)17-11-4-5-16-7-10(11)15/h2-7H,1H3,(H,16,17,18).